The normalized spacial score (nSPS) is 19.5. The zero-order chi connectivity index (χ0) is 20.4. The lowest BCUT2D eigenvalue weighted by Crippen LogP contribution is -2.37. The third kappa shape index (κ3) is 4.51. The van der Waals surface area contributed by atoms with Gasteiger partial charge in [-0.05, 0) is 79.6 Å². The van der Waals surface area contributed by atoms with Crippen LogP contribution in [0.5, 0.6) is 0 Å². The SMILES string of the molecule is CC1CCN(C(=O)c2ccc(NC(=O)c3ccc4c(c3)CC(C)NC4)cc2)CC1. The lowest BCUT2D eigenvalue weighted by Gasteiger charge is -2.30. The van der Waals surface area contributed by atoms with Crippen LogP contribution in [0.25, 0.3) is 0 Å². The van der Waals surface area contributed by atoms with Gasteiger partial charge in [0.05, 0.1) is 0 Å². The molecule has 5 nitrogen and oxygen atoms in total. The molecule has 2 N–H and O–H groups in total. The van der Waals surface area contributed by atoms with Crippen molar-refractivity contribution in [1.29, 1.82) is 0 Å². The number of piperidine rings is 1. The first-order valence-electron chi connectivity index (χ1n) is 10.6. The van der Waals surface area contributed by atoms with Crippen molar-refractivity contribution in [3.63, 3.8) is 0 Å². The molecule has 1 saturated heterocycles. The van der Waals surface area contributed by atoms with E-state index in [1.165, 1.54) is 11.1 Å². The van der Waals surface area contributed by atoms with Crippen molar-refractivity contribution < 1.29 is 9.59 Å². The summed E-state index contributed by atoms with van der Waals surface area (Å²) in [5.41, 5.74) is 4.54. The van der Waals surface area contributed by atoms with E-state index in [-0.39, 0.29) is 11.8 Å². The van der Waals surface area contributed by atoms with Gasteiger partial charge in [-0.2, -0.15) is 0 Å². The largest absolute Gasteiger partial charge is 0.339 e. The van der Waals surface area contributed by atoms with Crippen molar-refractivity contribution in [3.8, 4) is 0 Å². The maximum absolute atomic E-state index is 12.7. The first kappa shape index (κ1) is 19.6. The summed E-state index contributed by atoms with van der Waals surface area (Å²) in [5.74, 6) is 0.648. The van der Waals surface area contributed by atoms with Crippen LogP contribution in [-0.4, -0.2) is 35.8 Å². The second-order valence-corrected chi connectivity index (χ2v) is 8.48. The average molecular weight is 392 g/mol. The molecule has 2 aromatic rings. The fourth-order valence-electron chi connectivity index (χ4n) is 4.11. The molecule has 2 aliphatic rings. The van der Waals surface area contributed by atoms with Gasteiger partial charge in [0.25, 0.3) is 11.8 Å². The summed E-state index contributed by atoms with van der Waals surface area (Å²) in [5, 5.41) is 6.38. The van der Waals surface area contributed by atoms with Crippen LogP contribution in [0.4, 0.5) is 5.69 Å². The minimum absolute atomic E-state index is 0.0761. The molecule has 0 aromatic heterocycles. The number of rotatable bonds is 3. The predicted octanol–water partition coefficient (Wildman–Crippen LogP) is 3.85. The molecule has 29 heavy (non-hydrogen) atoms. The molecule has 2 aromatic carbocycles. The third-order valence-corrected chi connectivity index (χ3v) is 6.10. The number of likely N-dealkylation sites (tertiary alicyclic amines) is 1. The Hall–Kier alpha value is -2.66. The molecule has 0 radical (unpaired) electrons. The summed E-state index contributed by atoms with van der Waals surface area (Å²) < 4.78 is 0. The Morgan fingerprint density at radius 2 is 1.66 bits per heavy atom. The van der Waals surface area contributed by atoms with Crippen LogP contribution in [-0.2, 0) is 13.0 Å². The summed E-state index contributed by atoms with van der Waals surface area (Å²) in [6, 6.07) is 13.5. The highest BCUT2D eigenvalue weighted by Gasteiger charge is 2.21. The van der Waals surface area contributed by atoms with Crippen molar-refractivity contribution in [1.82, 2.24) is 10.2 Å². The van der Waals surface area contributed by atoms with Crippen LogP contribution in [0.3, 0.4) is 0 Å². The number of carbonyl (C=O) groups is 2. The van der Waals surface area contributed by atoms with Gasteiger partial charge in [-0.15, -0.1) is 0 Å². The summed E-state index contributed by atoms with van der Waals surface area (Å²) >= 11 is 0. The molecule has 0 spiro atoms. The Morgan fingerprint density at radius 1 is 0.966 bits per heavy atom. The van der Waals surface area contributed by atoms with Gasteiger partial charge in [-0.25, -0.2) is 0 Å². The highest BCUT2D eigenvalue weighted by Crippen LogP contribution is 2.21. The van der Waals surface area contributed by atoms with Crippen LogP contribution >= 0.6 is 0 Å². The molecule has 0 bridgehead atoms. The van der Waals surface area contributed by atoms with E-state index in [0.29, 0.717) is 28.8 Å². The lowest BCUT2D eigenvalue weighted by molar-refractivity contribution is 0.0697. The maximum atomic E-state index is 12.7. The van der Waals surface area contributed by atoms with Gasteiger partial charge in [-0.3, -0.25) is 9.59 Å². The molecule has 1 atom stereocenters. The van der Waals surface area contributed by atoms with E-state index in [1.54, 1.807) is 12.1 Å². The zero-order valence-electron chi connectivity index (χ0n) is 17.2. The van der Waals surface area contributed by atoms with Gasteiger partial charge in [0.2, 0.25) is 0 Å². The van der Waals surface area contributed by atoms with E-state index < -0.39 is 0 Å². The van der Waals surface area contributed by atoms with E-state index in [1.807, 2.05) is 35.2 Å². The van der Waals surface area contributed by atoms with E-state index >= 15 is 0 Å². The standard InChI is InChI=1S/C24H29N3O2/c1-16-9-11-27(12-10-16)24(29)18-5-7-22(8-6-18)26-23(28)19-3-4-20-15-25-17(2)13-21(20)14-19/h3-8,14,16-17,25H,9-13,15H2,1-2H3,(H,26,28). The van der Waals surface area contributed by atoms with Gasteiger partial charge < -0.3 is 15.5 Å². The fraction of sp³-hybridized carbons (Fsp3) is 0.417. The van der Waals surface area contributed by atoms with Crippen LogP contribution in [0, 0.1) is 5.92 Å². The molecular formula is C24H29N3O2. The van der Waals surface area contributed by atoms with E-state index in [4.69, 9.17) is 0 Å². The molecule has 2 amide bonds. The van der Waals surface area contributed by atoms with Gasteiger partial charge in [-0.1, -0.05) is 13.0 Å². The summed E-state index contributed by atoms with van der Waals surface area (Å²) in [7, 11) is 0. The molecule has 4 rings (SSSR count). The highest BCUT2D eigenvalue weighted by molar-refractivity contribution is 6.04. The van der Waals surface area contributed by atoms with E-state index in [2.05, 4.69) is 24.5 Å². The van der Waals surface area contributed by atoms with Gasteiger partial charge in [0.15, 0.2) is 0 Å². The molecule has 0 aliphatic carbocycles. The van der Waals surface area contributed by atoms with Crippen LogP contribution in [0.2, 0.25) is 0 Å². The molecule has 1 fully saturated rings. The summed E-state index contributed by atoms with van der Waals surface area (Å²) in [6.45, 7) is 6.89. The summed E-state index contributed by atoms with van der Waals surface area (Å²) in [6.07, 6.45) is 3.06. The third-order valence-electron chi connectivity index (χ3n) is 6.10. The number of carbonyl (C=O) groups excluding carboxylic acids is 2. The predicted molar refractivity (Wildman–Crippen MR) is 115 cm³/mol. The first-order chi connectivity index (χ1) is 14.0. The topological polar surface area (TPSA) is 61.4 Å². The Labute approximate surface area is 172 Å². The number of nitrogens with one attached hydrogen (secondary N) is 2. The second kappa shape index (κ2) is 8.37. The smallest absolute Gasteiger partial charge is 0.255 e. The van der Waals surface area contributed by atoms with Crippen molar-refractivity contribution >= 4 is 17.5 Å². The molecule has 2 aliphatic heterocycles. The Morgan fingerprint density at radius 3 is 2.38 bits per heavy atom. The molecule has 2 heterocycles. The number of benzene rings is 2. The number of hydrogen-bond acceptors (Lipinski definition) is 3. The zero-order valence-corrected chi connectivity index (χ0v) is 17.2. The highest BCUT2D eigenvalue weighted by atomic mass is 16.2. The van der Waals surface area contributed by atoms with E-state index in [0.717, 1.165) is 38.9 Å². The Kier molecular flexibility index (Phi) is 5.67. The fourth-order valence-corrected chi connectivity index (χ4v) is 4.11. The molecular weight excluding hydrogens is 362 g/mol. The number of hydrogen-bond donors (Lipinski definition) is 2. The van der Waals surface area contributed by atoms with Crippen LogP contribution < -0.4 is 10.6 Å². The van der Waals surface area contributed by atoms with Crippen molar-refractivity contribution in [2.24, 2.45) is 5.92 Å². The Balaban J connectivity index is 1.40. The minimum atomic E-state index is -0.122. The van der Waals surface area contributed by atoms with Gasteiger partial charge in [0, 0.05) is 42.5 Å². The van der Waals surface area contributed by atoms with Crippen molar-refractivity contribution in [3.05, 3.63) is 64.7 Å². The molecule has 5 heteroatoms. The minimum Gasteiger partial charge on any atom is -0.339 e. The summed E-state index contributed by atoms with van der Waals surface area (Å²) in [4.78, 5) is 27.3. The number of anilines is 1. The first-order valence-corrected chi connectivity index (χ1v) is 10.6. The van der Waals surface area contributed by atoms with E-state index in [9.17, 15) is 9.59 Å². The maximum Gasteiger partial charge on any atom is 0.255 e. The van der Waals surface area contributed by atoms with Crippen LogP contribution in [0.1, 0.15) is 58.5 Å². The Bertz CT molecular complexity index is 899. The number of fused-ring (bicyclic) bond motifs is 1. The second-order valence-electron chi connectivity index (χ2n) is 8.48. The van der Waals surface area contributed by atoms with Crippen LogP contribution in [0.15, 0.2) is 42.5 Å². The molecule has 152 valence electrons. The lowest BCUT2D eigenvalue weighted by atomic mass is 9.94. The monoisotopic (exact) mass is 391 g/mol. The van der Waals surface area contributed by atoms with Crippen molar-refractivity contribution in [2.75, 3.05) is 18.4 Å². The molecule has 0 saturated carbocycles. The van der Waals surface area contributed by atoms with Gasteiger partial charge >= 0.3 is 0 Å². The quantitative estimate of drug-likeness (QED) is 0.836. The van der Waals surface area contributed by atoms with Gasteiger partial charge in [0.1, 0.15) is 0 Å². The average Bonchev–Trinajstić information content (AvgIpc) is 2.73. The number of nitrogens with zero attached hydrogens (tertiary/aromatic N) is 1. The molecule has 1 unspecified atom stereocenters. The number of amides is 2. The van der Waals surface area contributed by atoms with Crippen molar-refractivity contribution in [2.45, 2.75) is 45.7 Å².